The number of nitrogens with zero attached hydrogens (tertiary/aromatic N) is 3. The summed E-state index contributed by atoms with van der Waals surface area (Å²) in [6.45, 7) is 0. The summed E-state index contributed by atoms with van der Waals surface area (Å²) in [5.74, 6) is 2.00. The third-order valence-electron chi connectivity index (χ3n) is 3.11. The maximum Gasteiger partial charge on any atom is 0.161 e. The predicted molar refractivity (Wildman–Crippen MR) is 75.6 cm³/mol. The maximum atomic E-state index is 8.83. The topological polar surface area (TPSA) is 75.6 Å². The van der Waals surface area contributed by atoms with E-state index < -0.39 is 0 Å². The molecule has 1 aromatic carbocycles. The molecule has 94 valence electrons. The highest BCUT2D eigenvalue weighted by molar-refractivity contribution is 7.99. The van der Waals surface area contributed by atoms with Crippen LogP contribution >= 0.6 is 11.8 Å². The van der Waals surface area contributed by atoms with E-state index in [0.717, 1.165) is 12.0 Å². The van der Waals surface area contributed by atoms with Gasteiger partial charge in [-0.05, 0) is 36.3 Å². The molecular weight excluding hydrogens is 256 g/mol. The first-order chi connectivity index (χ1) is 9.28. The fourth-order valence-electron chi connectivity index (χ4n) is 2.12. The average Bonchev–Trinajstić information content (AvgIpc) is 2.46. The fraction of sp³-hybridized carbons (Fsp3) is 0.214. The molecule has 4 nitrogen and oxygen atoms in total. The van der Waals surface area contributed by atoms with Crippen molar-refractivity contribution in [2.45, 2.75) is 17.7 Å². The smallest absolute Gasteiger partial charge is 0.161 e. The van der Waals surface area contributed by atoms with Gasteiger partial charge in [-0.25, -0.2) is 9.97 Å². The number of rotatable bonds is 1. The van der Waals surface area contributed by atoms with Crippen LogP contribution in [0, 0.1) is 11.3 Å². The number of nitrogen functional groups attached to an aromatic ring is 1. The number of thioether (sulfide) groups is 1. The van der Waals surface area contributed by atoms with E-state index in [2.05, 4.69) is 22.1 Å². The molecule has 5 heteroatoms. The highest BCUT2D eigenvalue weighted by Crippen LogP contribution is 2.32. The molecule has 0 radical (unpaired) electrons. The molecule has 0 saturated heterocycles. The van der Waals surface area contributed by atoms with Gasteiger partial charge >= 0.3 is 0 Å². The number of aromatic nitrogens is 2. The molecule has 2 N–H and O–H groups in total. The van der Waals surface area contributed by atoms with E-state index in [0.29, 0.717) is 11.4 Å². The van der Waals surface area contributed by atoms with Crippen LogP contribution in [0.4, 0.5) is 5.82 Å². The Morgan fingerprint density at radius 3 is 3.05 bits per heavy atom. The van der Waals surface area contributed by atoms with Crippen LogP contribution in [-0.4, -0.2) is 15.7 Å². The number of fused-ring (bicyclic) bond motifs is 1. The molecule has 0 unspecified atom stereocenters. The van der Waals surface area contributed by atoms with E-state index in [9.17, 15) is 0 Å². The molecule has 0 saturated carbocycles. The Bertz CT molecular complexity index is 676. The normalized spacial score (nSPS) is 13.6. The molecule has 3 rings (SSSR count). The number of aryl methyl sites for hydroxylation is 1. The summed E-state index contributed by atoms with van der Waals surface area (Å²) in [5, 5.41) is 8.83. The van der Waals surface area contributed by atoms with Gasteiger partial charge in [0.05, 0.1) is 6.20 Å². The van der Waals surface area contributed by atoms with Gasteiger partial charge in [0.25, 0.3) is 0 Å². The number of hydrogen-bond acceptors (Lipinski definition) is 5. The molecule has 0 bridgehead atoms. The second kappa shape index (κ2) is 4.90. The number of nitrogens with two attached hydrogens (primary N) is 1. The lowest BCUT2D eigenvalue weighted by Crippen LogP contribution is -2.01. The van der Waals surface area contributed by atoms with E-state index in [1.54, 1.807) is 0 Å². The van der Waals surface area contributed by atoms with Crippen molar-refractivity contribution in [3.8, 4) is 17.5 Å². The molecule has 0 aliphatic carbocycles. The van der Waals surface area contributed by atoms with Gasteiger partial charge in [0.1, 0.15) is 17.5 Å². The van der Waals surface area contributed by atoms with Gasteiger partial charge in [-0.15, -0.1) is 11.8 Å². The molecule has 0 amide bonds. The van der Waals surface area contributed by atoms with Crippen LogP contribution in [0.15, 0.2) is 29.3 Å². The first-order valence-electron chi connectivity index (χ1n) is 6.06. The lowest BCUT2D eigenvalue weighted by atomic mass is 10.1. The van der Waals surface area contributed by atoms with Crippen molar-refractivity contribution in [2.75, 3.05) is 11.5 Å². The van der Waals surface area contributed by atoms with Crippen molar-refractivity contribution < 1.29 is 0 Å². The summed E-state index contributed by atoms with van der Waals surface area (Å²) in [7, 11) is 0. The average molecular weight is 268 g/mol. The lowest BCUT2D eigenvalue weighted by molar-refractivity contribution is 0.890. The Balaban J connectivity index is 2.03. The number of benzene rings is 1. The van der Waals surface area contributed by atoms with E-state index in [1.807, 2.05) is 23.9 Å². The van der Waals surface area contributed by atoms with E-state index >= 15 is 0 Å². The third-order valence-corrected chi connectivity index (χ3v) is 4.31. The predicted octanol–water partition coefficient (Wildman–Crippen LogP) is 2.64. The molecule has 2 aromatic rings. The van der Waals surface area contributed by atoms with Gasteiger partial charge in [0.15, 0.2) is 5.82 Å². The summed E-state index contributed by atoms with van der Waals surface area (Å²) in [4.78, 5) is 9.75. The van der Waals surface area contributed by atoms with Crippen molar-refractivity contribution in [3.05, 3.63) is 35.5 Å². The minimum absolute atomic E-state index is 0.236. The monoisotopic (exact) mass is 268 g/mol. The zero-order valence-electron chi connectivity index (χ0n) is 10.3. The van der Waals surface area contributed by atoms with E-state index in [-0.39, 0.29) is 5.82 Å². The number of hydrogen-bond donors (Lipinski definition) is 1. The third kappa shape index (κ3) is 2.27. The molecule has 19 heavy (non-hydrogen) atoms. The highest BCUT2D eigenvalue weighted by atomic mass is 32.2. The van der Waals surface area contributed by atoms with Gasteiger partial charge in [0, 0.05) is 10.5 Å². The zero-order valence-corrected chi connectivity index (χ0v) is 11.1. The van der Waals surface area contributed by atoms with Crippen LogP contribution in [-0.2, 0) is 6.42 Å². The Morgan fingerprint density at radius 1 is 1.37 bits per heavy atom. The van der Waals surface area contributed by atoms with Gasteiger partial charge in [-0.3, -0.25) is 0 Å². The van der Waals surface area contributed by atoms with Crippen LogP contribution in [0.1, 0.15) is 17.5 Å². The van der Waals surface area contributed by atoms with E-state index in [1.165, 1.54) is 28.8 Å². The summed E-state index contributed by atoms with van der Waals surface area (Å²) < 4.78 is 0. The summed E-state index contributed by atoms with van der Waals surface area (Å²) >= 11 is 1.89. The van der Waals surface area contributed by atoms with E-state index in [4.69, 9.17) is 11.0 Å². The van der Waals surface area contributed by atoms with Crippen molar-refractivity contribution >= 4 is 17.6 Å². The molecule has 1 aliphatic heterocycles. The summed E-state index contributed by atoms with van der Waals surface area (Å²) in [6.07, 6.45) is 3.78. The molecule has 2 heterocycles. The first-order valence-corrected chi connectivity index (χ1v) is 7.05. The molecule has 1 aromatic heterocycles. The first kappa shape index (κ1) is 12.0. The molecule has 0 atom stereocenters. The van der Waals surface area contributed by atoms with Crippen LogP contribution in [0.25, 0.3) is 11.4 Å². The summed E-state index contributed by atoms with van der Waals surface area (Å²) in [5.41, 5.74) is 8.35. The van der Waals surface area contributed by atoms with Gasteiger partial charge in [0.2, 0.25) is 0 Å². The van der Waals surface area contributed by atoms with Crippen molar-refractivity contribution in [3.63, 3.8) is 0 Å². The van der Waals surface area contributed by atoms with Gasteiger partial charge in [-0.2, -0.15) is 5.26 Å². The second-order valence-electron chi connectivity index (χ2n) is 4.38. The molecule has 1 aliphatic rings. The zero-order chi connectivity index (χ0) is 13.2. The lowest BCUT2D eigenvalue weighted by Gasteiger charge is -2.15. The Morgan fingerprint density at radius 2 is 2.26 bits per heavy atom. The Hall–Kier alpha value is -2.06. The largest absolute Gasteiger partial charge is 0.382 e. The summed E-state index contributed by atoms with van der Waals surface area (Å²) in [6, 6.07) is 8.23. The number of nitriles is 1. The molecule has 0 spiro atoms. The minimum Gasteiger partial charge on any atom is -0.382 e. The van der Waals surface area contributed by atoms with Crippen molar-refractivity contribution in [1.29, 1.82) is 5.26 Å². The Kier molecular flexibility index (Phi) is 3.10. The van der Waals surface area contributed by atoms with Gasteiger partial charge < -0.3 is 5.73 Å². The minimum atomic E-state index is 0.236. The van der Waals surface area contributed by atoms with Crippen LogP contribution < -0.4 is 5.73 Å². The van der Waals surface area contributed by atoms with Crippen molar-refractivity contribution in [1.82, 2.24) is 9.97 Å². The van der Waals surface area contributed by atoms with Crippen molar-refractivity contribution in [2.24, 2.45) is 0 Å². The standard InChI is InChI=1S/C14H12N4S/c15-7-11-8-17-14(18-13(11)16)10-3-4-12-9(6-10)2-1-5-19-12/h3-4,6,8H,1-2,5H2,(H2,16,17,18). The molecular formula is C14H12N4S. The molecule has 0 fully saturated rings. The van der Waals surface area contributed by atoms with Crippen LogP contribution in [0.5, 0.6) is 0 Å². The van der Waals surface area contributed by atoms with Crippen LogP contribution in [0.2, 0.25) is 0 Å². The highest BCUT2D eigenvalue weighted by Gasteiger charge is 2.12. The van der Waals surface area contributed by atoms with Gasteiger partial charge in [-0.1, -0.05) is 6.07 Å². The quantitative estimate of drug-likeness (QED) is 0.860. The Labute approximate surface area is 115 Å². The fourth-order valence-corrected chi connectivity index (χ4v) is 3.14. The SMILES string of the molecule is N#Cc1cnc(-c2ccc3c(c2)CCCS3)nc1N. The maximum absolute atomic E-state index is 8.83. The number of anilines is 1. The second-order valence-corrected chi connectivity index (χ2v) is 5.52. The van der Waals surface area contributed by atoms with Crippen LogP contribution in [0.3, 0.4) is 0 Å².